The number of carbonyl (C=O) groups excluding carboxylic acids is 1. The second kappa shape index (κ2) is 13.3. The minimum atomic E-state index is -0.148. The highest BCUT2D eigenvalue weighted by Crippen LogP contribution is 2.23. The fourth-order valence-corrected chi connectivity index (χ4v) is 4.69. The molecule has 1 unspecified atom stereocenters. The Morgan fingerprint density at radius 3 is 2.59 bits per heavy atom. The van der Waals surface area contributed by atoms with Gasteiger partial charge >= 0.3 is 5.97 Å². The average molecular weight is 553 g/mol. The van der Waals surface area contributed by atoms with E-state index in [0.29, 0.717) is 48.7 Å². The van der Waals surface area contributed by atoms with E-state index in [1.807, 2.05) is 45.0 Å². The average Bonchev–Trinajstić information content (AvgIpc) is 2.97. The molecule has 0 amide bonds. The van der Waals surface area contributed by atoms with Crippen LogP contribution < -0.4 is 15.5 Å². The van der Waals surface area contributed by atoms with Crippen molar-refractivity contribution < 1.29 is 9.53 Å². The number of rotatable bonds is 10. The number of nitrogens with zero attached hydrogens (tertiary/aromatic N) is 6. The second-order valence-corrected chi connectivity index (χ2v) is 10.6. The number of esters is 1. The minimum Gasteiger partial charge on any atom is -0.465 e. The topological polar surface area (TPSA) is 118 Å². The summed E-state index contributed by atoms with van der Waals surface area (Å²) in [6.07, 6.45) is 4.40. The number of ether oxygens (including phenoxy) is 1. The molecule has 0 aliphatic carbocycles. The van der Waals surface area contributed by atoms with Crippen molar-refractivity contribution in [2.24, 2.45) is 5.92 Å². The van der Waals surface area contributed by atoms with Gasteiger partial charge in [-0.05, 0) is 54.8 Å². The van der Waals surface area contributed by atoms with Crippen LogP contribution in [0.25, 0.3) is 11.5 Å². The number of hydrogen-bond acceptors (Lipinski definition) is 10. The number of aryl methyl sites for hydroxylation is 1. The van der Waals surface area contributed by atoms with Gasteiger partial charge in [0.2, 0.25) is 0 Å². The van der Waals surface area contributed by atoms with Gasteiger partial charge in [-0.2, -0.15) is 0 Å². The number of aromatic nitrogens is 5. The van der Waals surface area contributed by atoms with E-state index in [9.17, 15) is 4.79 Å². The van der Waals surface area contributed by atoms with E-state index in [-0.39, 0.29) is 12.0 Å². The van der Waals surface area contributed by atoms with Crippen LogP contribution in [0.2, 0.25) is 0 Å². The highest BCUT2D eigenvalue weighted by Gasteiger charge is 2.25. The van der Waals surface area contributed by atoms with Crippen LogP contribution in [0.5, 0.6) is 0 Å². The fourth-order valence-electron chi connectivity index (χ4n) is 4.69. The smallest absolute Gasteiger partial charge is 0.307 e. The Morgan fingerprint density at radius 2 is 1.80 bits per heavy atom. The number of hydrogen-bond donors (Lipinski definition) is 2. The highest BCUT2D eigenvalue weighted by atomic mass is 16.5. The molecular formula is C31H36N8O2. The molecule has 0 bridgehead atoms. The quantitative estimate of drug-likeness (QED) is 0.275. The molecule has 41 heavy (non-hydrogen) atoms. The van der Waals surface area contributed by atoms with Gasteiger partial charge in [-0.1, -0.05) is 32.0 Å². The molecule has 1 aliphatic heterocycles. The zero-order chi connectivity index (χ0) is 28.6. The van der Waals surface area contributed by atoms with E-state index >= 15 is 0 Å². The maximum absolute atomic E-state index is 12.4. The minimum absolute atomic E-state index is 0.0596. The molecule has 1 aliphatic rings. The van der Waals surface area contributed by atoms with E-state index < -0.39 is 0 Å². The van der Waals surface area contributed by atoms with E-state index in [1.165, 1.54) is 0 Å². The van der Waals surface area contributed by atoms with Crippen molar-refractivity contribution in [1.29, 1.82) is 0 Å². The lowest BCUT2D eigenvalue weighted by atomic mass is 10.1. The molecular weight excluding hydrogens is 516 g/mol. The number of benzene rings is 1. The largest absolute Gasteiger partial charge is 0.465 e. The first-order valence-corrected chi connectivity index (χ1v) is 14.0. The highest BCUT2D eigenvalue weighted by molar-refractivity contribution is 5.71. The molecule has 0 saturated carbocycles. The summed E-state index contributed by atoms with van der Waals surface area (Å²) in [5, 5.41) is 6.66. The van der Waals surface area contributed by atoms with E-state index in [2.05, 4.69) is 59.7 Å². The molecule has 1 saturated heterocycles. The zero-order valence-corrected chi connectivity index (χ0v) is 23.7. The first-order valence-electron chi connectivity index (χ1n) is 14.0. The summed E-state index contributed by atoms with van der Waals surface area (Å²) in [5.41, 5.74) is 3.82. The number of anilines is 3. The van der Waals surface area contributed by atoms with Crippen molar-refractivity contribution in [3.05, 3.63) is 84.1 Å². The molecule has 4 aromatic rings. The van der Waals surface area contributed by atoms with Crippen LogP contribution in [0, 0.1) is 12.8 Å². The zero-order valence-electron chi connectivity index (χ0n) is 23.7. The van der Waals surface area contributed by atoms with Gasteiger partial charge in [0.05, 0.1) is 19.1 Å². The predicted octanol–water partition coefficient (Wildman–Crippen LogP) is 4.34. The summed E-state index contributed by atoms with van der Waals surface area (Å²) in [7, 11) is 0. The van der Waals surface area contributed by atoms with Gasteiger partial charge in [0, 0.05) is 49.8 Å². The maximum atomic E-state index is 12.4. The molecule has 4 heterocycles. The van der Waals surface area contributed by atoms with Crippen LogP contribution in [0.15, 0.2) is 67.0 Å². The molecule has 212 valence electrons. The Hall–Kier alpha value is -4.44. The number of nitrogens with one attached hydrogen (secondary N) is 2. The third-order valence-corrected chi connectivity index (χ3v) is 6.70. The van der Waals surface area contributed by atoms with Crippen molar-refractivity contribution in [2.75, 3.05) is 36.5 Å². The Kier molecular flexibility index (Phi) is 9.10. The molecule has 10 nitrogen and oxygen atoms in total. The summed E-state index contributed by atoms with van der Waals surface area (Å²) in [6.45, 7) is 8.94. The Balaban J connectivity index is 1.22. The van der Waals surface area contributed by atoms with E-state index in [0.717, 1.165) is 42.3 Å². The first kappa shape index (κ1) is 28.1. The van der Waals surface area contributed by atoms with Gasteiger partial charge in [-0.3, -0.25) is 4.79 Å². The van der Waals surface area contributed by atoms with Crippen molar-refractivity contribution in [2.45, 2.75) is 39.7 Å². The molecule has 0 radical (unpaired) electrons. The van der Waals surface area contributed by atoms with Crippen LogP contribution in [0.4, 0.5) is 17.3 Å². The van der Waals surface area contributed by atoms with E-state index in [4.69, 9.17) is 9.72 Å². The Labute approximate surface area is 240 Å². The molecule has 5 rings (SSSR count). The van der Waals surface area contributed by atoms with Gasteiger partial charge in [0.25, 0.3) is 0 Å². The molecule has 3 aromatic heterocycles. The second-order valence-electron chi connectivity index (χ2n) is 10.6. The summed E-state index contributed by atoms with van der Waals surface area (Å²) >= 11 is 0. The third-order valence-electron chi connectivity index (χ3n) is 6.70. The Morgan fingerprint density at radius 1 is 1.02 bits per heavy atom. The summed E-state index contributed by atoms with van der Waals surface area (Å²) in [4.78, 5) is 37.3. The van der Waals surface area contributed by atoms with Crippen LogP contribution in [0.3, 0.4) is 0 Å². The Bertz CT molecular complexity index is 1460. The first-order chi connectivity index (χ1) is 19.9. The number of pyridine rings is 1. The molecule has 1 aromatic carbocycles. The van der Waals surface area contributed by atoms with Crippen molar-refractivity contribution in [1.82, 2.24) is 30.2 Å². The lowest BCUT2D eigenvalue weighted by Crippen LogP contribution is -2.52. The van der Waals surface area contributed by atoms with Crippen molar-refractivity contribution >= 4 is 23.3 Å². The third kappa shape index (κ3) is 7.82. The summed E-state index contributed by atoms with van der Waals surface area (Å²) in [6, 6.07) is 17.9. The van der Waals surface area contributed by atoms with Gasteiger partial charge < -0.3 is 20.3 Å². The SMILES string of the molecule is Cc1cccc(-c2nccc(Nc3ccnc(Cc4ccc(N5CCNCC5CC(=O)OCC(C)C)cc4)n3)n2)n1. The predicted molar refractivity (Wildman–Crippen MR) is 159 cm³/mol. The lowest BCUT2D eigenvalue weighted by Gasteiger charge is -2.37. The monoisotopic (exact) mass is 552 g/mol. The van der Waals surface area contributed by atoms with Crippen LogP contribution in [-0.4, -0.2) is 63.2 Å². The normalized spacial score (nSPS) is 15.1. The van der Waals surface area contributed by atoms with Crippen molar-refractivity contribution in [3.8, 4) is 11.5 Å². The van der Waals surface area contributed by atoms with Gasteiger partial charge in [0.15, 0.2) is 5.82 Å². The molecule has 10 heteroatoms. The molecule has 1 fully saturated rings. The van der Waals surface area contributed by atoms with Crippen molar-refractivity contribution in [3.63, 3.8) is 0 Å². The lowest BCUT2D eigenvalue weighted by molar-refractivity contribution is -0.145. The van der Waals surface area contributed by atoms with Gasteiger partial charge in [0.1, 0.15) is 23.2 Å². The van der Waals surface area contributed by atoms with Crippen LogP contribution >= 0.6 is 0 Å². The maximum Gasteiger partial charge on any atom is 0.307 e. The van der Waals surface area contributed by atoms with Crippen LogP contribution in [-0.2, 0) is 16.0 Å². The van der Waals surface area contributed by atoms with Gasteiger partial charge in [-0.15, -0.1) is 0 Å². The van der Waals surface area contributed by atoms with E-state index in [1.54, 1.807) is 18.5 Å². The summed E-state index contributed by atoms with van der Waals surface area (Å²) in [5.74, 6) is 2.71. The number of carbonyl (C=O) groups is 1. The van der Waals surface area contributed by atoms with Crippen LogP contribution in [0.1, 0.15) is 37.4 Å². The molecule has 0 spiro atoms. The standard InChI is InChI=1S/C31H36N8O2/c1-21(2)20-41-30(40)18-25-19-32-15-16-39(25)24-9-7-23(8-10-24)17-29-33-13-11-27(37-29)36-28-12-14-34-31(38-28)26-6-4-5-22(3)35-26/h4-14,21,25,32H,15-20H2,1-3H3,(H,33,34,36,37,38). The number of piperazine rings is 1. The molecule has 1 atom stereocenters. The summed E-state index contributed by atoms with van der Waals surface area (Å²) < 4.78 is 5.43. The fraction of sp³-hybridized carbons (Fsp3) is 0.355. The molecule has 2 N–H and O–H groups in total. The van der Waals surface area contributed by atoms with Gasteiger partial charge in [-0.25, -0.2) is 24.9 Å².